The largest absolute Gasteiger partial charge is 0.493 e. The molecule has 3 aromatic carbocycles. The molecule has 0 aliphatic carbocycles. The Morgan fingerprint density at radius 3 is 2.50 bits per heavy atom. The van der Waals surface area contributed by atoms with Gasteiger partial charge in [0, 0.05) is 60.9 Å². The van der Waals surface area contributed by atoms with Gasteiger partial charge in [-0.05, 0) is 48.4 Å². The summed E-state index contributed by atoms with van der Waals surface area (Å²) in [5.41, 5.74) is 3.22. The van der Waals surface area contributed by atoms with E-state index in [9.17, 15) is 9.18 Å². The predicted octanol–water partition coefficient (Wildman–Crippen LogP) is 6.16. The molecule has 0 N–H and O–H groups in total. The van der Waals surface area contributed by atoms with E-state index in [4.69, 9.17) is 26.1 Å². The van der Waals surface area contributed by atoms with Gasteiger partial charge in [0.1, 0.15) is 16.5 Å². The summed E-state index contributed by atoms with van der Waals surface area (Å²) in [5.74, 6) is 1.05. The normalized spacial score (nSPS) is 13.5. The Kier molecular flexibility index (Phi) is 9.94. The maximum absolute atomic E-state index is 14.6. The van der Waals surface area contributed by atoms with Crippen LogP contribution in [-0.2, 0) is 19.5 Å². The number of halogens is 2. The van der Waals surface area contributed by atoms with Gasteiger partial charge in [-0.25, -0.2) is 9.37 Å². The summed E-state index contributed by atoms with van der Waals surface area (Å²) >= 11 is 7.62. The van der Waals surface area contributed by atoms with E-state index in [0.29, 0.717) is 60.5 Å². The van der Waals surface area contributed by atoms with Crippen molar-refractivity contribution in [2.45, 2.75) is 19.5 Å². The molecule has 1 fully saturated rings. The first-order chi connectivity index (χ1) is 20.4. The first-order valence-corrected chi connectivity index (χ1v) is 15.1. The van der Waals surface area contributed by atoms with E-state index >= 15 is 0 Å². The van der Waals surface area contributed by atoms with Gasteiger partial charge in [0.25, 0.3) is 5.91 Å². The summed E-state index contributed by atoms with van der Waals surface area (Å²) in [4.78, 5) is 24.3. The second-order valence-corrected chi connectivity index (χ2v) is 11.5. The van der Waals surface area contributed by atoms with Crippen LogP contribution in [0, 0.1) is 5.82 Å². The van der Waals surface area contributed by atoms with Crippen LogP contribution in [-0.4, -0.2) is 67.6 Å². The predicted molar refractivity (Wildman–Crippen MR) is 165 cm³/mol. The van der Waals surface area contributed by atoms with Crippen molar-refractivity contribution in [3.05, 3.63) is 105 Å². The minimum absolute atomic E-state index is 0.0609. The summed E-state index contributed by atoms with van der Waals surface area (Å²) in [7, 11) is 3.23. The van der Waals surface area contributed by atoms with Crippen LogP contribution in [0.4, 0.5) is 10.1 Å². The molecular weight excluding hydrogens is 575 g/mol. The molecule has 4 aromatic rings. The van der Waals surface area contributed by atoms with Crippen molar-refractivity contribution in [1.29, 1.82) is 0 Å². The van der Waals surface area contributed by atoms with Gasteiger partial charge >= 0.3 is 0 Å². The standard InChI is InChI=1S/C32H34ClFN4O3S/c1-40-29-11-10-23(18-30(29)41-2)12-13-36(20-24-6-3-4-9-27(24)34)21-31-35-28(22-42-31)32(39)38-16-14-37(15-17-38)26-8-5-7-25(33)19-26/h3-11,18-19,22H,12-17,20-21H2,1-2H3. The number of carbonyl (C=O) groups excluding carboxylic acids is 1. The summed E-state index contributed by atoms with van der Waals surface area (Å²) in [6, 6.07) is 20.5. The monoisotopic (exact) mass is 608 g/mol. The number of anilines is 1. The number of hydrogen-bond donors (Lipinski definition) is 0. The van der Waals surface area contributed by atoms with E-state index in [1.165, 1.54) is 17.4 Å². The van der Waals surface area contributed by atoms with Crippen LogP contribution in [0.1, 0.15) is 26.6 Å². The van der Waals surface area contributed by atoms with Crippen LogP contribution in [0.25, 0.3) is 0 Å². The van der Waals surface area contributed by atoms with Crippen molar-refractivity contribution >= 4 is 34.5 Å². The highest BCUT2D eigenvalue weighted by Gasteiger charge is 2.24. The Morgan fingerprint density at radius 1 is 0.976 bits per heavy atom. The zero-order chi connectivity index (χ0) is 29.5. The van der Waals surface area contributed by atoms with Gasteiger partial charge < -0.3 is 19.3 Å². The smallest absolute Gasteiger partial charge is 0.273 e. The third kappa shape index (κ3) is 7.40. The van der Waals surface area contributed by atoms with Crippen LogP contribution in [0.15, 0.2) is 72.1 Å². The molecule has 220 valence electrons. The van der Waals surface area contributed by atoms with Crippen molar-refractivity contribution < 1.29 is 18.7 Å². The third-order valence-electron chi connectivity index (χ3n) is 7.39. The summed E-state index contributed by atoms with van der Waals surface area (Å²) < 4.78 is 25.4. The van der Waals surface area contributed by atoms with Crippen molar-refractivity contribution in [1.82, 2.24) is 14.8 Å². The van der Waals surface area contributed by atoms with E-state index in [-0.39, 0.29) is 11.7 Å². The van der Waals surface area contributed by atoms with E-state index in [2.05, 4.69) is 9.80 Å². The zero-order valence-electron chi connectivity index (χ0n) is 23.8. The number of piperazine rings is 1. The number of thiazole rings is 1. The lowest BCUT2D eigenvalue weighted by molar-refractivity contribution is 0.0741. The molecule has 7 nitrogen and oxygen atoms in total. The fraction of sp³-hybridized carbons (Fsp3) is 0.312. The van der Waals surface area contributed by atoms with Crippen LogP contribution < -0.4 is 14.4 Å². The summed E-state index contributed by atoms with van der Waals surface area (Å²) in [6.45, 7) is 4.28. The molecule has 0 saturated carbocycles. The maximum Gasteiger partial charge on any atom is 0.273 e. The van der Waals surface area contributed by atoms with Gasteiger partial charge in [-0.3, -0.25) is 9.69 Å². The lowest BCUT2D eigenvalue weighted by atomic mass is 10.1. The SMILES string of the molecule is COc1ccc(CCN(Cc2nc(C(=O)N3CCN(c4cccc(Cl)c4)CC3)cs2)Cc2ccccc2F)cc1OC. The number of nitrogens with zero attached hydrogens (tertiary/aromatic N) is 4. The molecule has 0 bridgehead atoms. The molecule has 1 aliphatic heterocycles. The van der Waals surface area contributed by atoms with Crippen molar-refractivity contribution in [2.24, 2.45) is 0 Å². The van der Waals surface area contributed by atoms with Crippen LogP contribution in [0.5, 0.6) is 11.5 Å². The van der Waals surface area contributed by atoms with E-state index in [0.717, 1.165) is 35.8 Å². The van der Waals surface area contributed by atoms with Crippen LogP contribution in [0.2, 0.25) is 5.02 Å². The summed E-state index contributed by atoms with van der Waals surface area (Å²) in [6.07, 6.45) is 0.725. The molecule has 1 saturated heterocycles. The number of rotatable bonds is 11. The van der Waals surface area contributed by atoms with E-state index in [1.54, 1.807) is 26.4 Å². The molecule has 0 spiro atoms. The first kappa shape index (κ1) is 29.8. The Hall–Kier alpha value is -3.66. The number of benzene rings is 3. The number of ether oxygens (including phenoxy) is 2. The van der Waals surface area contributed by atoms with Crippen molar-refractivity contribution in [2.75, 3.05) is 51.8 Å². The fourth-order valence-corrected chi connectivity index (χ4v) is 6.07. The minimum Gasteiger partial charge on any atom is -0.493 e. The van der Waals surface area contributed by atoms with Gasteiger partial charge in [0.2, 0.25) is 0 Å². The Morgan fingerprint density at radius 2 is 1.76 bits per heavy atom. The second kappa shape index (κ2) is 14.0. The molecule has 5 rings (SSSR count). The second-order valence-electron chi connectivity index (χ2n) is 10.1. The number of hydrogen-bond acceptors (Lipinski definition) is 7. The molecule has 2 heterocycles. The van der Waals surface area contributed by atoms with E-state index in [1.807, 2.05) is 58.8 Å². The van der Waals surface area contributed by atoms with Gasteiger partial charge in [0.05, 0.1) is 20.8 Å². The van der Waals surface area contributed by atoms with Gasteiger partial charge in [0.15, 0.2) is 11.5 Å². The van der Waals surface area contributed by atoms with Crippen molar-refractivity contribution in [3.63, 3.8) is 0 Å². The molecule has 1 aliphatic rings. The number of aromatic nitrogens is 1. The first-order valence-electron chi connectivity index (χ1n) is 13.8. The number of carbonyl (C=O) groups is 1. The minimum atomic E-state index is -0.236. The highest BCUT2D eigenvalue weighted by atomic mass is 35.5. The van der Waals surface area contributed by atoms with Gasteiger partial charge in [-0.15, -0.1) is 11.3 Å². The molecule has 0 unspecified atom stereocenters. The molecule has 0 radical (unpaired) electrons. The quantitative estimate of drug-likeness (QED) is 0.203. The number of amides is 1. The van der Waals surface area contributed by atoms with Gasteiger partial charge in [-0.2, -0.15) is 0 Å². The molecular formula is C32H34ClFN4O3S. The lowest BCUT2D eigenvalue weighted by Gasteiger charge is -2.35. The molecule has 1 amide bonds. The Bertz CT molecular complexity index is 1510. The Labute approximate surface area is 255 Å². The highest BCUT2D eigenvalue weighted by Crippen LogP contribution is 2.28. The summed E-state index contributed by atoms with van der Waals surface area (Å²) in [5, 5.41) is 3.35. The zero-order valence-corrected chi connectivity index (χ0v) is 25.3. The average molecular weight is 609 g/mol. The van der Waals surface area contributed by atoms with Crippen molar-refractivity contribution in [3.8, 4) is 11.5 Å². The third-order valence-corrected chi connectivity index (χ3v) is 8.46. The van der Waals surface area contributed by atoms with E-state index < -0.39 is 0 Å². The van der Waals surface area contributed by atoms with Gasteiger partial charge in [-0.1, -0.05) is 41.9 Å². The molecule has 1 aromatic heterocycles. The lowest BCUT2D eigenvalue weighted by Crippen LogP contribution is -2.48. The molecule has 0 atom stereocenters. The molecule has 10 heteroatoms. The average Bonchev–Trinajstić information content (AvgIpc) is 3.49. The molecule has 42 heavy (non-hydrogen) atoms. The number of methoxy groups -OCH3 is 2. The fourth-order valence-electron chi connectivity index (χ4n) is 5.08. The topological polar surface area (TPSA) is 58.1 Å². The Balaban J connectivity index is 1.24. The van der Waals surface area contributed by atoms with Crippen LogP contribution >= 0.6 is 22.9 Å². The maximum atomic E-state index is 14.6. The van der Waals surface area contributed by atoms with Crippen LogP contribution in [0.3, 0.4) is 0 Å². The highest BCUT2D eigenvalue weighted by molar-refractivity contribution is 7.09.